The third-order valence-electron chi connectivity index (χ3n) is 3.33. The quantitative estimate of drug-likeness (QED) is 0.475. The van der Waals surface area contributed by atoms with Crippen molar-refractivity contribution in [3.8, 4) is 0 Å². The summed E-state index contributed by atoms with van der Waals surface area (Å²) in [6.07, 6.45) is 2.99. The highest BCUT2D eigenvalue weighted by Crippen LogP contribution is 2.27. The van der Waals surface area contributed by atoms with E-state index in [2.05, 4.69) is 0 Å². The van der Waals surface area contributed by atoms with Crippen molar-refractivity contribution in [3.05, 3.63) is 69.0 Å². The van der Waals surface area contributed by atoms with Crippen LogP contribution in [-0.2, 0) is 6.42 Å². The van der Waals surface area contributed by atoms with Gasteiger partial charge >= 0.3 is 5.88 Å². The molecule has 0 atom stereocenters. The number of furan rings is 1. The normalized spacial score (nSPS) is 16.2. The van der Waals surface area contributed by atoms with Gasteiger partial charge in [0.25, 0.3) is 0 Å². The van der Waals surface area contributed by atoms with Crippen molar-refractivity contribution < 1.29 is 14.1 Å². The number of ketones is 1. The Bertz CT molecular complexity index is 727. The fraction of sp³-hybridized carbons (Fsp3) is 0.133. The summed E-state index contributed by atoms with van der Waals surface area (Å²) in [5, 5.41) is 10.6. The second-order valence-corrected chi connectivity index (χ2v) is 4.59. The van der Waals surface area contributed by atoms with Crippen LogP contribution in [0.4, 0.5) is 5.88 Å². The lowest BCUT2D eigenvalue weighted by Crippen LogP contribution is -2.13. The molecule has 0 spiro atoms. The van der Waals surface area contributed by atoms with Crippen LogP contribution in [0, 0.1) is 10.1 Å². The largest absolute Gasteiger partial charge is 0.433 e. The molecule has 1 aliphatic carbocycles. The van der Waals surface area contributed by atoms with Gasteiger partial charge in [-0.05, 0) is 30.5 Å². The van der Waals surface area contributed by atoms with Gasteiger partial charge in [0.2, 0.25) is 0 Å². The lowest BCUT2D eigenvalue weighted by Gasteiger charge is -2.16. The average Bonchev–Trinajstić information content (AvgIpc) is 2.91. The van der Waals surface area contributed by atoms with Crippen molar-refractivity contribution in [3.63, 3.8) is 0 Å². The number of benzene rings is 1. The lowest BCUT2D eigenvalue weighted by atomic mass is 9.86. The van der Waals surface area contributed by atoms with Crippen LogP contribution in [0.2, 0.25) is 0 Å². The van der Waals surface area contributed by atoms with Crippen molar-refractivity contribution in [1.29, 1.82) is 0 Å². The molecule has 0 N–H and O–H groups in total. The summed E-state index contributed by atoms with van der Waals surface area (Å²) >= 11 is 0. The Morgan fingerprint density at radius 2 is 1.95 bits per heavy atom. The van der Waals surface area contributed by atoms with Gasteiger partial charge in [0.05, 0.1) is 6.07 Å². The first-order chi connectivity index (χ1) is 9.65. The third kappa shape index (κ3) is 2.14. The van der Waals surface area contributed by atoms with Crippen molar-refractivity contribution in [2.24, 2.45) is 0 Å². The highest BCUT2D eigenvalue weighted by molar-refractivity contribution is 6.13. The number of carbonyl (C=O) groups is 1. The van der Waals surface area contributed by atoms with Crippen molar-refractivity contribution in [2.45, 2.75) is 12.8 Å². The molecule has 5 heteroatoms. The van der Waals surface area contributed by atoms with Crippen LogP contribution in [0.25, 0.3) is 6.08 Å². The second kappa shape index (κ2) is 4.77. The lowest BCUT2D eigenvalue weighted by molar-refractivity contribution is -0.402. The molecule has 100 valence electrons. The molecule has 0 aliphatic heterocycles. The number of hydrogen-bond acceptors (Lipinski definition) is 4. The van der Waals surface area contributed by atoms with Gasteiger partial charge in [0.1, 0.15) is 10.7 Å². The predicted molar refractivity (Wildman–Crippen MR) is 72.4 cm³/mol. The molecular weight excluding hydrogens is 258 g/mol. The Hall–Kier alpha value is -2.69. The summed E-state index contributed by atoms with van der Waals surface area (Å²) < 4.78 is 5.06. The molecule has 20 heavy (non-hydrogen) atoms. The van der Waals surface area contributed by atoms with Crippen LogP contribution in [-0.4, -0.2) is 10.7 Å². The molecule has 1 aromatic heterocycles. The summed E-state index contributed by atoms with van der Waals surface area (Å²) in [5.41, 5.74) is 2.36. The number of aryl methyl sites for hydroxylation is 1. The van der Waals surface area contributed by atoms with Crippen molar-refractivity contribution >= 4 is 17.7 Å². The number of fused-ring (bicyclic) bond motifs is 1. The number of allylic oxidation sites excluding steroid dienone is 1. The van der Waals surface area contributed by atoms with Gasteiger partial charge in [-0.3, -0.25) is 14.9 Å². The zero-order valence-electron chi connectivity index (χ0n) is 10.5. The molecule has 0 amide bonds. The summed E-state index contributed by atoms with van der Waals surface area (Å²) in [5.74, 6) is -0.0224. The Labute approximate surface area is 114 Å². The van der Waals surface area contributed by atoms with Gasteiger partial charge in [0.15, 0.2) is 5.78 Å². The zero-order chi connectivity index (χ0) is 14.1. The maximum Gasteiger partial charge on any atom is 0.433 e. The molecule has 0 saturated carbocycles. The maximum absolute atomic E-state index is 12.3. The van der Waals surface area contributed by atoms with Crippen LogP contribution in [0.1, 0.15) is 28.1 Å². The fourth-order valence-electron chi connectivity index (χ4n) is 2.34. The predicted octanol–water partition coefficient (Wildman–Crippen LogP) is 3.40. The molecule has 1 aliphatic rings. The van der Waals surface area contributed by atoms with E-state index in [9.17, 15) is 14.9 Å². The average molecular weight is 269 g/mol. The van der Waals surface area contributed by atoms with E-state index in [0.29, 0.717) is 23.3 Å². The summed E-state index contributed by atoms with van der Waals surface area (Å²) in [6.45, 7) is 0. The van der Waals surface area contributed by atoms with Gasteiger partial charge in [-0.15, -0.1) is 0 Å². The minimum atomic E-state index is -0.597. The molecule has 0 unspecified atom stereocenters. The van der Waals surface area contributed by atoms with Crippen LogP contribution < -0.4 is 0 Å². The van der Waals surface area contributed by atoms with Crippen LogP contribution >= 0.6 is 0 Å². The number of nitro groups is 1. The summed E-state index contributed by atoms with van der Waals surface area (Å²) in [7, 11) is 0. The number of Topliss-reactive ketones (excluding diaryl/α,β-unsaturated/α-hetero) is 1. The van der Waals surface area contributed by atoms with Gasteiger partial charge < -0.3 is 4.42 Å². The number of hydrogen-bond donors (Lipinski definition) is 0. The fourth-order valence-corrected chi connectivity index (χ4v) is 2.34. The van der Waals surface area contributed by atoms with Gasteiger partial charge in [-0.1, -0.05) is 24.3 Å². The van der Waals surface area contributed by atoms with Crippen LogP contribution in [0.3, 0.4) is 0 Å². The Morgan fingerprint density at radius 3 is 2.70 bits per heavy atom. The van der Waals surface area contributed by atoms with Gasteiger partial charge in [-0.25, -0.2) is 0 Å². The van der Waals surface area contributed by atoms with E-state index in [1.807, 2.05) is 18.2 Å². The van der Waals surface area contributed by atoms with E-state index in [4.69, 9.17) is 4.42 Å². The van der Waals surface area contributed by atoms with Gasteiger partial charge in [0, 0.05) is 11.1 Å². The molecule has 0 radical (unpaired) electrons. The smallest absolute Gasteiger partial charge is 0.401 e. The number of nitrogens with zero attached hydrogens (tertiary/aromatic N) is 1. The molecule has 1 heterocycles. The molecule has 0 fully saturated rings. The Balaban J connectivity index is 1.93. The molecule has 3 rings (SSSR count). The summed E-state index contributed by atoms with van der Waals surface area (Å²) in [6, 6.07) is 10.3. The first-order valence-electron chi connectivity index (χ1n) is 6.22. The van der Waals surface area contributed by atoms with E-state index in [1.165, 1.54) is 12.1 Å². The van der Waals surface area contributed by atoms with Crippen LogP contribution in [0.5, 0.6) is 0 Å². The minimum Gasteiger partial charge on any atom is -0.401 e. The van der Waals surface area contributed by atoms with Gasteiger partial charge in [-0.2, -0.15) is 0 Å². The third-order valence-corrected chi connectivity index (χ3v) is 3.33. The standard InChI is InChI=1S/C15H11NO4/c17-15-11(6-5-10-3-1-2-4-13(10)15)9-12-7-8-14(20-12)16(18)19/h1-4,7-9H,5-6H2/b11-9+. The first-order valence-corrected chi connectivity index (χ1v) is 6.22. The SMILES string of the molecule is O=C1/C(=C/c2ccc([N+](=O)[O-])o2)CCc2ccccc21. The summed E-state index contributed by atoms with van der Waals surface area (Å²) in [4.78, 5) is 22.3. The second-order valence-electron chi connectivity index (χ2n) is 4.59. The Kier molecular flexibility index (Phi) is 2.95. The highest BCUT2D eigenvalue weighted by Gasteiger charge is 2.22. The number of rotatable bonds is 2. The monoisotopic (exact) mass is 269 g/mol. The Morgan fingerprint density at radius 1 is 1.15 bits per heavy atom. The molecular formula is C15H11NO4. The molecule has 2 aromatic rings. The van der Waals surface area contributed by atoms with Crippen molar-refractivity contribution in [2.75, 3.05) is 0 Å². The van der Waals surface area contributed by atoms with E-state index < -0.39 is 4.92 Å². The topological polar surface area (TPSA) is 73.3 Å². The molecule has 0 saturated heterocycles. The maximum atomic E-state index is 12.3. The molecule has 5 nitrogen and oxygen atoms in total. The first kappa shape index (κ1) is 12.3. The van der Waals surface area contributed by atoms with Crippen LogP contribution in [0.15, 0.2) is 46.4 Å². The van der Waals surface area contributed by atoms with E-state index in [1.54, 1.807) is 12.1 Å². The molecule has 0 bridgehead atoms. The molecule has 1 aromatic carbocycles. The number of carbonyl (C=O) groups excluding carboxylic acids is 1. The highest BCUT2D eigenvalue weighted by atomic mass is 16.6. The minimum absolute atomic E-state index is 0.0362. The van der Waals surface area contributed by atoms with E-state index in [0.717, 1.165) is 12.0 Å². The zero-order valence-corrected chi connectivity index (χ0v) is 10.5. The van der Waals surface area contributed by atoms with Crippen molar-refractivity contribution in [1.82, 2.24) is 0 Å². The van der Waals surface area contributed by atoms with E-state index >= 15 is 0 Å². The van der Waals surface area contributed by atoms with E-state index in [-0.39, 0.29) is 11.7 Å².